The summed E-state index contributed by atoms with van der Waals surface area (Å²) in [6.07, 6.45) is -4.87. The lowest BCUT2D eigenvalue weighted by Gasteiger charge is -2.30. The Hall–Kier alpha value is -1.27. The summed E-state index contributed by atoms with van der Waals surface area (Å²) in [6, 6.07) is -0.887. The first-order valence-corrected chi connectivity index (χ1v) is 5.27. The minimum absolute atomic E-state index is 0.0694. The Bertz CT molecular complexity index is 327. The minimum Gasteiger partial charge on any atom is -0.481 e. The molecule has 2 atom stereocenters. The lowest BCUT2D eigenvalue weighted by Crippen LogP contribution is -2.48. The Balaban J connectivity index is 2.95. The summed E-state index contributed by atoms with van der Waals surface area (Å²) >= 11 is 0. The number of carbonyl (C=O) groups is 2. The number of halogens is 3. The van der Waals surface area contributed by atoms with Gasteiger partial charge in [-0.25, -0.2) is 0 Å². The molecule has 1 aliphatic heterocycles. The van der Waals surface area contributed by atoms with Crippen molar-refractivity contribution in [2.75, 3.05) is 6.54 Å². The van der Waals surface area contributed by atoms with Crippen molar-refractivity contribution in [1.82, 2.24) is 4.90 Å². The van der Waals surface area contributed by atoms with Gasteiger partial charge in [-0.05, 0) is 12.3 Å². The van der Waals surface area contributed by atoms with Gasteiger partial charge in [-0.1, -0.05) is 13.8 Å². The molecule has 0 bridgehead atoms. The monoisotopic (exact) mass is 253 g/mol. The number of aliphatic carboxylic acids is 1. The highest BCUT2D eigenvalue weighted by molar-refractivity contribution is 5.84. The molecule has 2 unspecified atom stereocenters. The lowest BCUT2D eigenvalue weighted by molar-refractivity contribution is -0.187. The molecule has 0 saturated carbocycles. The van der Waals surface area contributed by atoms with E-state index in [1.807, 2.05) is 0 Å². The number of alkyl halides is 3. The third kappa shape index (κ3) is 2.70. The largest absolute Gasteiger partial charge is 0.481 e. The first-order chi connectivity index (χ1) is 7.66. The van der Waals surface area contributed by atoms with Crippen LogP contribution in [0.15, 0.2) is 0 Å². The third-order valence-corrected chi connectivity index (χ3v) is 2.96. The van der Waals surface area contributed by atoms with Gasteiger partial charge in [0.2, 0.25) is 0 Å². The van der Waals surface area contributed by atoms with Gasteiger partial charge >= 0.3 is 18.1 Å². The van der Waals surface area contributed by atoms with Crippen LogP contribution in [0.5, 0.6) is 0 Å². The van der Waals surface area contributed by atoms with Crippen LogP contribution in [0.4, 0.5) is 13.2 Å². The molecule has 0 aliphatic carbocycles. The van der Waals surface area contributed by atoms with Crippen LogP contribution in [0.1, 0.15) is 20.3 Å². The fourth-order valence-corrected chi connectivity index (χ4v) is 2.31. The standard InChI is InChI=1S/C10H14F3NO3/c1-5(2)7-6(8(15)16)3-4-14(7)9(17)10(11,12)13/h5-7H,3-4H2,1-2H3,(H,15,16). The van der Waals surface area contributed by atoms with E-state index < -0.39 is 30.0 Å². The van der Waals surface area contributed by atoms with Crippen molar-refractivity contribution >= 4 is 11.9 Å². The average Bonchev–Trinajstić information content (AvgIpc) is 2.58. The maximum atomic E-state index is 12.3. The third-order valence-electron chi connectivity index (χ3n) is 2.96. The summed E-state index contributed by atoms with van der Waals surface area (Å²) in [5.41, 5.74) is 0. The molecule has 1 amide bonds. The van der Waals surface area contributed by atoms with Gasteiger partial charge in [-0.2, -0.15) is 13.2 Å². The van der Waals surface area contributed by atoms with Crippen molar-refractivity contribution in [3.05, 3.63) is 0 Å². The SMILES string of the molecule is CC(C)C1C(C(=O)O)CCN1C(=O)C(F)(F)F. The Morgan fingerprint density at radius 3 is 2.24 bits per heavy atom. The van der Waals surface area contributed by atoms with Crippen LogP contribution in [0.3, 0.4) is 0 Å². The molecule has 1 rings (SSSR count). The van der Waals surface area contributed by atoms with Crippen LogP contribution in [0.25, 0.3) is 0 Å². The zero-order valence-corrected chi connectivity index (χ0v) is 9.49. The summed E-state index contributed by atoms with van der Waals surface area (Å²) in [6.45, 7) is 3.07. The highest BCUT2D eigenvalue weighted by atomic mass is 19.4. The van der Waals surface area contributed by atoms with Gasteiger partial charge in [0, 0.05) is 12.6 Å². The molecule has 1 aliphatic rings. The van der Waals surface area contributed by atoms with Gasteiger partial charge in [0.15, 0.2) is 0 Å². The van der Waals surface area contributed by atoms with Gasteiger partial charge in [-0.3, -0.25) is 9.59 Å². The second kappa shape index (κ2) is 4.54. The van der Waals surface area contributed by atoms with Gasteiger partial charge in [-0.15, -0.1) is 0 Å². The van der Waals surface area contributed by atoms with Gasteiger partial charge in [0.05, 0.1) is 5.92 Å². The Morgan fingerprint density at radius 2 is 1.88 bits per heavy atom. The van der Waals surface area contributed by atoms with E-state index in [-0.39, 0.29) is 18.9 Å². The topological polar surface area (TPSA) is 57.6 Å². The van der Waals surface area contributed by atoms with Crippen LogP contribution < -0.4 is 0 Å². The van der Waals surface area contributed by atoms with Crippen LogP contribution >= 0.6 is 0 Å². The molecule has 7 heteroatoms. The second-order valence-corrected chi connectivity index (χ2v) is 4.46. The molecule has 0 spiro atoms. The fourth-order valence-electron chi connectivity index (χ4n) is 2.31. The molecule has 0 aromatic rings. The van der Waals surface area contributed by atoms with Crippen molar-refractivity contribution in [3.8, 4) is 0 Å². The quantitative estimate of drug-likeness (QED) is 0.811. The molecular weight excluding hydrogens is 239 g/mol. The number of amides is 1. The van der Waals surface area contributed by atoms with Gasteiger partial charge < -0.3 is 10.0 Å². The zero-order chi connectivity index (χ0) is 13.4. The fraction of sp³-hybridized carbons (Fsp3) is 0.800. The predicted octanol–water partition coefficient (Wildman–Crippen LogP) is 1.51. The van der Waals surface area contributed by atoms with Crippen LogP contribution in [-0.2, 0) is 9.59 Å². The molecule has 98 valence electrons. The van der Waals surface area contributed by atoms with Crippen LogP contribution in [0.2, 0.25) is 0 Å². The van der Waals surface area contributed by atoms with E-state index in [4.69, 9.17) is 5.11 Å². The molecular formula is C10H14F3NO3. The first-order valence-electron chi connectivity index (χ1n) is 5.27. The molecule has 4 nitrogen and oxygen atoms in total. The molecule has 0 radical (unpaired) electrons. The average molecular weight is 253 g/mol. The molecule has 1 N–H and O–H groups in total. The number of nitrogens with zero attached hydrogens (tertiary/aromatic N) is 1. The van der Waals surface area contributed by atoms with Crippen molar-refractivity contribution in [3.63, 3.8) is 0 Å². The number of carboxylic acid groups (broad SMARTS) is 1. The van der Waals surface area contributed by atoms with Gasteiger partial charge in [0.1, 0.15) is 0 Å². The van der Waals surface area contributed by atoms with E-state index >= 15 is 0 Å². The summed E-state index contributed by atoms with van der Waals surface area (Å²) < 4.78 is 37.0. The Morgan fingerprint density at radius 1 is 1.35 bits per heavy atom. The van der Waals surface area contributed by atoms with Crippen LogP contribution in [0, 0.1) is 11.8 Å². The first kappa shape index (κ1) is 13.8. The summed E-state index contributed by atoms with van der Waals surface area (Å²) in [5.74, 6) is -4.34. The number of hydrogen-bond donors (Lipinski definition) is 1. The maximum absolute atomic E-state index is 12.3. The number of carboxylic acids is 1. The minimum atomic E-state index is -4.94. The lowest BCUT2D eigenvalue weighted by atomic mass is 9.91. The predicted molar refractivity (Wildman–Crippen MR) is 52.1 cm³/mol. The van der Waals surface area contributed by atoms with E-state index in [1.165, 1.54) is 0 Å². The molecule has 0 aromatic heterocycles. The number of rotatable bonds is 2. The summed E-state index contributed by atoms with van der Waals surface area (Å²) in [5, 5.41) is 8.92. The summed E-state index contributed by atoms with van der Waals surface area (Å²) in [4.78, 5) is 22.7. The van der Waals surface area contributed by atoms with Crippen molar-refractivity contribution in [1.29, 1.82) is 0 Å². The van der Waals surface area contributed by atoms with Crippen LogP contribution in [-0.4, -0.2) is 40.6 Å². The molecule has 0 aromatic carbocycles. The van der Waals surface area contributed by atoms with Crippen molar-refractivity contribution in [2.45, 2.75) is 32.5 Å². The van der Waals surface area contributed by atoms with E-state index in [0.717, 1.165) is 0 Å². The molecule has 1 fully saturated rings. The highest BCUT2D eigenvalue weighted by Gasteiger charge is 2.50. The Kier molecular flexibility index (Phi) is 3.68. The number of likely N-dealkylation sites (tertiary alicyclic amines) is 1. The Labute approximate surface area is 96.4 Å². The van der Waals surface area contributed by atoms with E-state index in [0.29, 0.717) is 4.90 Å². The smallest absolute Gasteiger partial charge is 0.471 e. The normalized spacial score (nSPS) is 25.4. The van der Waals surface area contributed by atoms with Gasteiger partial charge in [0.25, 0.3) is 0 Å². The molecule has 1 heterocycles. The molecule has 17 heavy (non-hydrogen) atoms. The van der Waals surface area contributed by atoms with E-state index in [2.05, 4.69) is 0 Å². The summed E-state index contributed by atoms with van der Waals surface area (Å²) in [7, 11) is 0. The highest BCUT2D eigenvalue weighted by Crippen LogP contribution is 2.33. The zero-order valence-electron chi connectivity index (χ0n) is 9.49. The van der Waals surface area contributed by atoms with E-state index in [1.54, 1.807) is 13.8 Å². The molecule has 1 saturated heterocycles. The number of hydrogen-bond acceptors (Lipinski definition) is 2. The van der Waals surface area contributed by atoms with Crippen molar-refractivity contribution in [2.24, 2.45) is 11.8 Å². The maximum Gasteiger partial charge on any atom is 0.471 e. The van der Waals surface area contributed by atoms with E-state index in [9.17, 15) is 22.8 Å². The van der Waals surface area contributed by atoms with Crippen molar-refractivity contribution < 1.29 is 27.9 Å². The second-order valence-electron chi connectivity index (χ2n) is 4.46. The number of carbonyl (C=O) groups excluding carboxylic acids is 1.